The molecule has 1 heterocycles. The van der Waals surface area contributed by atoms with Crippen LogP contribution in [0.4, 0.5) is 22.0 Å². The topological polar surface area (TPSA) is 33.1 Å². The van der Waals surface area contributed by atoms with Crippen molar-refractivity contribution in [3.8, 4) is 0 Å². The van der Waals surface area contributed by atoms with Gasteiger partial charge in [0, 0.05) is 24.4 Å². The predicted molar refractivity (Wildman–Crippen MR) is 69.0 cm³/mol. The van der Waals surface area contributed by atoms with Gasteiger partial charge < -0.3 is 5.11 Å². The van der Waals surface area contributed by atoms with Crippen molar-refractivity contribution in [2.75, 3.05) is 0 Å². The number of rotatable bonds is 3. The number of aliphatic hydroxyl groups is 1. The normalized spacial score (nSPS) is 16.1. The number of nitrogens with zero attached hydrogens (tertiary/aromatic N) is 1. The van der Waals surface area contributed by atoms with E-state index >= 15 is 0 Å². The Bertz CT molecular complexity index is 659. The Morgan fingerprint density at radius 1 is 1.05 bits per heavy atom. The van der Waals surface area contributed by atoms with Gasteiger partial charge in [-0.3, -0.25) is 4.98 Å². The highest BCUT2D eigenvalue weighted by molar-refractivity contribution is 5.32. The van der Waals surface area contributed by atoms with Crippen molar-refractivity contribution in [2.24, 2.45) is 0 Å². The molecule has 0 aliphatic carbocycles. The second kappa shape index (κ2) is 5.64. The van der Waals surface area contributed by atoms with E-state index < -0.39 is 40.5 Å². The van der Waals surface area contributed by atoms with Gasteiger partial charge in [0.2, 0.25) is 0 Å². The van der Waals surface area contributed by atoms with Crippen molar-refractivity contribution in [2.45, 2.75) is 24.6 Å². The minimum Gasteiger partial charge on any atom is -0.376 e. The fourth-order valence-corrected chi connectivity index (χ4v) is 2.34. The fourth-order valence-electron chi connectivity index (χ4n) is 2.34. The van der Waals surface area contributed by atoms with Gasteiger partial charge in [-0.15, -0.1) is 0 Å². The summed E-state index contributed by atoms with van der Waals surface area (Å²) in [6.45, 7) is 1.03. The molecule has 1 aromatic heterocycles. The number of benzene rings is 1. The van der Waals surface area contributed by atoms with Gasteiger partial charge in [-0.1, -0.05) is 13.0 Å². The molecule has 1 aromatic carbocycles. The van der Waals surface area contributed by atoms with Gasteiger partial charge in [-0.2, -0.15) is 13.2 Å². The summed E-state index contributed by atoms with van der Waals surface area (Å²) in [6, 6.07) is 4.23. The number of alkyl halides is 3. The first-order chi connectivity index (χ1) is 10.2. The summed E-state index contributed by atoms with van der Waals surface area (Å²) in [6.07, 6.45) is -2.87. The number of halogens is 5. The van der Waals surface area contributed by atoms with Gasteiger partial charge in [0.15, 0.2) is 5.60 Å². The summed E-state index contributed by atoms with van der Waals surface area (Å²) in [5, 5.41) is 10.3. The molecule has 2 nitrogen and oxygen atoms in total. The molecule has 0 aliphatic heterocycles. The Labute approximate surface area is 123 Å². The monoisotopic (exact) mass is 317 g/mol. The second-order valence-electron chi connectivity index (χ2n) is 4.89. The largest absolute Gasteiger partial charge is 0.422 e. The molecule has 2 unspecified atom stereocenters. The van der Waals surface area contributed by atoms with Gasteiger partial charge in [-0.25, -0.2) is 8.78 Å². The molecule has 0 radical (unpaired) electrons. The average Bonchev–Trinajstić information content (AvgIpc) is 2.45. The Balaban J connectivity index is 2.60. The molecular formula is C15H12F5NO. The zero-order valence-corrected chi connectivity index (χ0v) is 11.4. The van der Waals surface area contributed by atoms with Crippen LogP contribution in [0.1, 0.15) is 24.0 Å². The van der Waals surface area contributed by atoms with Crippen LogP contribution in [-0.2, 0) is 5.60 Å². The van der Waals surface area contributed by atoms with Crippen LogP contribution >= 0.6 is 0 Å². The van der Waals surface area contributed by atoms with Crippen LogP contribution in [0.15, 0.2) is 42.7 Å². The maximum absolute atomic E-state index is 13.8. The summed E-state index contributed by atoms with van der Waals surface area (Å²) in [7, 11) is 0. The molecule has 2 aromatic rings. The summed E-state index contributed by atoms with van der Waals surface area (Å²) < 4.78 is 67.1. The fraction of sp³-hybridized carbons (Fsp3) is 0.267. The van der Waals surface area contributed by atoms with Gasteiger partial charge in [-0.05, 0) is 29.3 Å². The number of hydrogen-bond donors (Lipinski definition) is 1. The van der Waals surface area contributed by atoms with Crippen molar-refractivity contribution >= 4 is 0 Å². The first-order valence-electron chi connectivity index (χ1n) is 6.32. The summed E-state index contributed by atoms with van der Waals surface area (Å²) >= 11 is 0. The average molecular weight is 317 g/mol. The molecule has 0 amide bonds. The summed E-state index contributed by atoms with van der Waals surface area (Å²) in [5.41, 5.74) is -4.22. The maximum Gasteiger partial charge on any atom is 0.422 e. The molecule has 118 valence electrons. The van der Waals surface area contributed by atoms with Crippen molar-refractivity contribution in [1.29, 1.82) is 0 Å². The van der Waals surface area contributed by atoms with Crippen LogP contribution in [0, 0.1) is 11.6 Å². The van der Waals surface area contributed by atoms with Gasteiger partial charge in [0.05, 0.1) is 0 Å². The molecular weight excluding hydrogens is 305 g/mol. The molecule has 0 fully saturated rings. The predicted octanol–water partition coefficient (Wildman–Crippen LogP) is 3.91. The van der Waals surface area contributed by atoms with Crippen molar-refractivity contribution in [3.63, 3.8) is 0 Å². The summed E-state index contributed by atoms with van der Waals surface area (Å²) in [5.74, 6) is -3.74. The quantitative estimate of drug-likeness (QED) is 0.871. The zero-order valence-electron chi connectivity index (χ0n) is 11.4. The van der Waals surface area contributed by atoms with Crippen LogP contribution in [0.3, 0.4) is 0 Å². The van der Waals surface area contributed by atoms with E-state index in [0.29, 0.717) is 6.07 Å². The van der Waals surface area contributed by atoms with E-state index in [-0.39, 0.29) is 0 Å². The van der Waals surface area contributed by atoms with Crippen molar-refractivity contribution in [3.05, 3.63) is 65.5 Å². The Kier molecular flexibility index (Phi) is 4.19. The highest BCUT2D eigenvalue weighted by Crippen LogP contribution is 2.48. The first kappa shape index (κ1) is 16.4. The molecule has 0 aliphatic rings. The molecule has 0 saturated carbocycles. The van der Waals surface area contributed by atoms with Crippen LogP contribution in [0.25, 0.3) is 0 Å². The third-order valence-electron chi connectivity index (χ3n) is 3.61. The van der Waals surface area contributed by atoms with E-state index in [1.807, 2.05) is 0 Å². The number of hydrogen-bond acceptors (Lipinski definition) is 2. The highest BCUT2D eigenvalue weighted by atomic mass is 19.4. The molecule has 0 saturated heterocycles. The molecule has 2 rings (SSSR count). The SMILES string of the molecule is CC(c1ccc(F)cc1F)C(O)(c1ccncc1)C(F)(F)F. The van der Waals surface area contributed by atoms with Crippen LogP contribution in [-0.4, -0.2) is 16.3 Å². The minimum atomic E-state index is -5.06. The Morgan fingerprint density at radius 2 is 1.64 bits per heavy atom. The third-order valence-corrected chi connectivity index (χ3v) is 3.61. The standard InChI is InChI=1S/C15H12F5NO/c1-9(12-3-2-11(16)8-13(12)17)14(22,15(18,19)20)10-4-6-21-7-5-10/h2-9,22H,1H3. The highest BCUT2D eigenvalue weighted by Gasteiger charge is 2.59. The lowest BCUT2D eigenvalue weighted by molar-refractivity contribution is -0.274. The van der Waals surface area contributed by atoms with E-state index in [9.17, 15) is 27.1 Å². The van der Waals surface area contributed by atoms with Crippen LogP contribution in [0.2, 0.25) is 0 Å². The summed E-state index contributed by atoms with van der Waals surface area (Å²) in [4.78, 5) is 3.60. The molecule has 1 N–H and O–H groups in total. The smallest absolute Gasteiger partial charge is 0.376 e. The number of aromatic nitrogens is 1. The first-order valence-corrected chi connectivity index (χ1v) is 6.32. The lowest BCUT2D eigenvalue weighted by Crippen LogP contribution is -2.46. The van der Waals surface area contributed by atoms with E-state index in [1.165, 1.54) is 0 Å². The van der Waals surface area contributed by atoms with Crippen LogP contribution in [0.5, 0.6) is 0 Å². The van der Waals surface area contributed by atoms with E-state index in [2.05, 4.69) is 4.98 Å². The molecule has 0 spiro atoms. The van der Waals surface area contributed by atoms with Crippen molar-refractivity contribution in [1.82, 2.24) is 4.98 Å². The Hall–Kier alpha value is -2.02. The maximum atomic E-state index is 13.8. The molecule has 2 atom stereocenters. The molecule has 7 heteroatoms. The number of pyridine rings is 1. The third kappa shape index (κ3) is 2.68. The lowest BCUT2D eigenvalue weighted by Gasteiger charge is -2.36. The molecule has 0 bridgehead atoms. The lowest BCUT2D eigenvalue weighted by atomic mass is 9.78. The van der Waals surface area contributed by atoms with Crippen LogP contribution < -0.4 is 0 Å². The van der Waals surface area contributed by atoms with Gasteiger partial charge >= 0.3 is 6.18 Å². The van der Waals surface area contributed by atoms with E-state index in [4.69, 9.17) is 0 Å². The van der Waals surface area contributed by atoms with Gasteiger partial charge in [0.25, 0.3) is 0 Å². The van der Waals surface area contributed by atoms with E-state index in [0.717, 1.165) is 43.6 Å². The second-order valence-corrected chi connectivity index (χ2v) is 4.89. The molecule has 22 heavy (non-hydrogen) atoms. The van der Waals surface area contributed by atoms with E-state index in [1.54, 1.807) is 0 Å². The zero-order chi connectivity index (χ0) is 16.5. The minimum absolute atomic E-state index is 0.432. The van der Waals surface area contributed by atoms with Gasteiger partial charge in [0.1, 0.15) is 11.6 Å². The van der Waals surface area contributed by atoms with Crippen molar-refractivity contribution < 1.29 is 27.1 Å². The Morgan fingerprint density at radius 3 is 2.14 bits per heavy atom.